The molecule has 1 nitrogen and oxygen atoms in total. The lowest BCUT2D eigenvalue weighted by atomic mass is 10.1. The smallest absolute Gasteiger partial charge is 0.0544 e. The number of rotatable bonds is 1. The van der Waals surface area contributed by atoms with Crippen molar-refractivity contribution in [2.45, 2.75) is 20.8 Å². The maximum absolute atomic E-state index is 3.66. The van der Waals surface area contributed by atoms with Crippen LogP contribution in [0.25, 0.3) is 27.5 Å². The van der Waals surface area contributed by atoms with E-state index in [4.69, 9.17) is 0 Å². The first-order valence-electron chi connectivity index (χ1n) is 8.00. The Hall–Kier alpha value is -2.06. The summed E-state index contributed by atoms with van der Waals surface area (Å²) < 4.78 is 3.50. The topological polar surface area (TPSA) is 4.93 Å². The summed E-state index contributed by atoms with van der Waals surface area (Å²) in [5.41, 5.74) is 4.95. The monoisotopic (exact) mass is 365 g/mol. The van der Waals surface area contributed by atoms with Crippen molar-refractivity contribution in [3.05, 3.63) is 76.8 Å². The second kappa shape index (κ2) is 6.59. The molecule has 0 saturated carbocycles. The molecule has 0 saturated heterocycles. The van der Waals surface area contributed by atoms with Crippen molar-refractivity contribution in [1.29, 1.82) is 0 Å². The first-order valence-corrected chi connectivity index (χ1v) is 8.80. The Morgan fingerprint density at radius 2 is 1.39 bits per heavy atom. The van der Waals surface area contributed by atoms with Gasteiger partial charge in [-0.05, 0) is 42.8 Å². The third kappa shape index (κ3) is 2.68. The van der Waals surface area contributed by atoms with Gasteiger partial charge in [-0.2, -0.15) is 0 Å². The van der Waals surface area contributed by atoms with Gasteiger partial charge >= 0.3 is 0 Å². The molecule has 0 amide bonds. The number of aryl methyl sites for hydroxylation is 1. The number of para-hydroxylation sites is 2. The molecular weight excluding hydrogens is 346 g/mol. The normalized spacial score (nSPS) is 10.6. The van der Waals surface area contributed by atoms with E-state index in [2.05, 4.69) is 94.2 Å². The third-order valence-electron chi connectivity index (χ3n) is 3.97. The minimum Gasteiger partial charge on any atom is -0.309 e. The van der Waals surface area contributed by atoms with Crippen LogP contribution in [0.1, 0.15) is 19.4 Å². The highest BCUT2D eigenvalue weighted by atomic mass is 79.9. The first kappa shape index (κ1) is 15.8. The minimum absolute atomic E-state index is 1.16. The Balaban J connectivity index is 0.000000753. The predicted octanol–water partition coefficient (Wildman–Crippen LogP) is 6.88. The fraction of sp³-hybridized carbons (Fsp3) is 0.143. The van der Waals surface area contributed by atoms with Crippen LogP contribution in [-0.4, -0.2) is 4.57 Å². The van der Waals surface area contributed by atoms with E-state index < -0.39 is 0 Å². The van der Waals surface area contributed by atoms with Crippen LogP contribution in [0.4, 0.5) is 0 Å². The van der Waals surface area contributed by atoms with Crippen LogP contribution >= 0.6 is 15.9 Å². The van der Waals surface area contributed by atoms with Crippen molar-refractivity contribution in [2.24, 2.45) is 0 Å². The Kier molecular flexibility index (Phi) is 4.53. The molecule has 0 radical (unpaired) electrons. The van der Waals surface area contributed by atoms with E-state index in [1.165, 1.54) is 33.1 Å². The van der Waals surface area contributed by atoms with Crippen LogP contribution in [0.5, 0.6) is 0 Å². The van der Waals surface area contributed by atoms with Gasteiger partial charge in [-0.3, -0.25) is 0 Å². The van der Waals surface area contributed by atoms with Crippen molar-refractivity contribution < 1.29 is 0 Å². The molecule has 3 aromatic carbocycles. The van der Waals surface area contributed by atoms with E-state index in [9.17, 15) is 0 Å². The molecule has 0 unspecified atom stereocenters. The predicted molar refractivity (Wildman–Crippen MR) is 105 cm³/mol. The summed E-state index contributed by atoms with van der Waals surface area (Å²) in [6.45, 7) is 6.14. The van der Waals surface area contributed by atoms with Crippen molar-refractivity contribution in [2.75, 3.05) is 0 Å². The fourth-order valence-corrected chi connectivity index (χ4v) is 3.29. The molecule has 0 N–H and O–H groups in total. The largest absolute Gasteiger partial charge is 0.309 e. The number of benzene rings is 3. The number of nitrogens with zero attached hydrogens (tertiary/aromatic N) is 1. The Labute approximate surface area is 145 Å². The number of hydrogen-bond donors (Lipinski definition) is 0. The summed E-state index contributed by atoms with van der Waals surface area (Å²) in [6, 6.07) is 23.6. The molecule has 0 aliphatic heterocycles. The summed E-state index contributed by atoms with van der Waals surface area (Å²) in [4.78, 5) is 0. The molecule has 1 heterocycles. The zero-order chi connectivity index (χ0) is 16.4. The van der Waals surface area contributed by atoms with E-state index in [0.29, 0.717) is 0 Å². The maximum atomic E-state index is 3.66. The lowest BCUT2D eigenvalue weighted by molar-refractivity contribution is 1.18. The summed E-state index contributed by atoms with van der Waals surface area (Å²) in [5.74, 6) is 0. The Bertz CT molecular complexity index is 952. The van der Waals surface area contributed by atoms with Gasteiger partial charge in [-0.15, -0.1) is 0 Å². The third-order valence-corrected chi connectivity index (χ3v) is 4.82. The van der Waals surface area contributed by atoms with Crippen LogP contribution in [0.3, 0.4) is 0 Å². The molecule has 4 aromatic rings. The van der Waals surface area contributed by atoms with Gasteiger partial charge in [0.2, 0.25) is 0 Å². The van der Waals surface area contributed by atoms with Crippen LogP contribution < -0.4 is 0 Å². The maximum Gasteiger partial charge on any atom is 0.0544 e. The van der Waals surface area contributed by atoms with Gasteiger partial charge < -0.3 is 4.57 Å². The van der Waals surface area contributed by atoms with Gasteiger partial charge in [0.05, 0.1) is 11.0 Å². The molecule has 0 aliphatic carbocycles. The van der Waals surface area contributed by atoms with E-state index >= 15 is 0 Å². The average Bonchev–Trinajstić information content (AvgIpc) is 2.91. The van der Waals surface area contributed by atoms with Crippen molar-refractivity contribution >= 4 is 37.7 Å². The van der Waals surface area contributed by atoms with Gasteiger partial charge in [0.15, 0.2) is 0 Å². The van der Waals surface area contributed by atoms with Crippen LogP contribution in [0, 0.1) is 6.92 Å². The van der Waals surface area contributed by atoms with Gasteiger partial charge in [-0.1, -0.05) is 66.2 Å². The number of hydrogen-bond acceptors (Lipinski definition) is 0. The van der Waals surface area contributed by atoms with E-state index in [0.717, 1.165) is 4.47 Å². The molecule has 0 bridgehead atoms. The zero-order valence-corrected chi connectivity index (χ0v) is 15.3. The number of fused-ring (bicyclic) bond motifs is 3. The van der Waals surface area contributed by atoms with E-state index in [1.807, 2.05) is 13.8 Å². The molecule has 0 fully saturated rings. The summed E-state index contributed by atoms with van der Waals surface area (Å²) in [7, 11) is 0. The van der Waals surface area contributed by atoms with Gasteiger partial charge in [0, 0.05) is 20.9 Å². The SMILES string of the molecule is CC.Cc1cc2c(cc1Br)c1ccccc1n2-c1ccccc1. The summed E-state index contributed by atoms with van der Waals surface area (Å²) in [5, 5.41) is 2.57. The standard InChI is InChI=1S/C19H14BrN.C2H6/c1-13-11-19-16(12-17(13)20)15-9-5-6-10-18(15)21(19)14-7-3-2-4-8-14;1-2/h2-12H,1H3;1-2H3. The highest BCUT2D eigenvalue weighted by Crippen LogP contribution is 2.34. The second-order valence-corrected chi connectivity index (χ2v) is 6.16. The first-order chi connectivity index (χ1) is 11.3. The quantitative estimate of drug-likeness (QED) is 0.346. The van der Waals surface area contributed by atoms with Gasteiger partial charge in [-0.25, -0.2) is 0 Å². The molecule has 0 spiro atoms. The lowest BCUT2D eigenvalue weighted by Gasteiger charge is -2.08. The molecule has 1 aromatic heterocycles. The molecular formula is C21H20BrN. The average molecular weight is 366 g/mol. The lowest BCUT2D eigenvalue weighted by Crippen LogP contribution is -1.93. The molecule has 4 rings (SSSR count). The molecule has 23 heavy (non-hydrogen) atoms. The van der Waals surface area contributed by atoms with Gasteiger partial charge in [0.1, 0.15) is 0 Å². The minimum atomic E-state index is 1.16. The zero-order valence-electron chi connectivity index (χ0n) is 13.7. The highest BCUT2D eigenvalue weighted by Gasteiger charge is 2.12. The van der Waals surface area contributed by atoms with E-state index in [-0.39, 0.29) is 0 Å². The highest BCUT2D eigenvalue weighted by molar-refractivity contribution is 9.10. The van der Waals surface area contributed by atoms with Crippen molar-refractivity contribution in [3.8, 4) is 5.69 Å². The van der Waals surface area contributed by atoms with Gasteiger partial charge in [0.25, 0.3) is 0 Å². The molecule has 2 heteroatoms. The number of aromatic nitrogens is 1. The Morgan fingerprint density at radius 1 is 0.739 bits per heavy atom. The van der Waals surface area contributed by atoms with Crippen LogP contribution in [0.15, 0.2) is 71.2 Å². The van der Waals surface area contributed by atoms with Crippen LogP contribution in [0.2, 0.25) is 0 Å². The number of halogens is 1. The summed E-state index contributed by atoms with van der Waals surface area (Å²) >= 11 is 3.66. The van der Waals surface area contributed by atoms with Crippen LogP contribution in [-0.2, 0) is 0 Å². The molecule has 0 atom stereocenters. The second-order valence-electron chi connectivity index (χ2n) is 5.31. The van der Waals surface area contributed by atoms with Crippen molar-refractivity contribution in [1.82, 2.24) is 4.57 Å². The molecule has 0 aliphatic rings. The fourth-order valence-electron chi connectivity index (χ4n) is 2.95. The summed E-state index contributed by atoms with van der Waals surface area (Å²) in [6.07, 6.45) is 0. The van der Waals surface area contributed by atoms with E-state index in [1.54, 1.807) is 0 Å². The molecule has 116 valence electrons. The Morgan fingerprint density at radius 3 is 2.13 bits per heavy atom. The van der Waals surface area contributed by atoms with Crippen molar-refractivity contribution in [3.63, 3.8) is 0 Å².